The van der Waals surface area contributed by atoms with Crippen LogP contribution in [-0.4, -0.2) is 66.1 Å². The Morgan fingerprint density at radius 1 is 1.44 bits per heavy atom. The minimum absolute atomic E-state index is 0.295. The Bertz CT molecular complexity index is 228. The zero-order valence-corrected chi connectivity index (χ0v) is 11.4. The van der Waals surface area contributed by atoms with E-state index in [-0.39, 0.29) is 0 Å². The van der Waals surface area contributed by atoms with E-state index in [0.29, 0.717) is 11.6 Å². The predicted octanol–water partition coefficient (Wildman–Crippen LogP) is 0.847. The van der Waals surface area contributed by atoms with E-state index in [4.69, 9.17) is 5.73 Å². The fourth-order valence-corrected chi connectivity index (χ4v) is 4.49. The summed E-state index contributed by atoms with van der Waals surface area (Å²) >= 11 is 2.09. The Labute approximate surface area is 104 Å². The van der Waals surface area contributed by atoms with Crippen LogP contribution in [0.1, 0.15) is 19.8 Å². The van der Waals surface area contributed by atoms with Crippen molar-refractivity contribution in [3.63, 3.8) is 0 Å². The maximum atomic E-state index is 6.10. The molecule has 2 aliphatic heterocycles. The molecule has 2 aliphatic rings. The number of rotatable bonds is 2. The third-order valence-electron chi connectivity index (χ3n) is 4.12. The number of nitrogens with zero attached hydrogens (tertiary/aromatic N) is 2. The molecule has 2 fully saturated rings. The molecule has 0 aromatic rings. The van der Waals surface area contributed by atoms with Gasteiger partial charge in [-0.1, -0.05) is 0 Å². The second-order valence-electron chi connectivity index (χ2n) is 5.39. The Kier molecular flexibility index (Phi) is 4.16. The zero-order valence-electron chi connectivity index (χ0n) is 10.6. The quantitative estimate of drug-likeness (QED) is 0.779. The summed E-state index contributed by atoms with van der Waals surface area (Å²) in [4.78, 5) is 5.13. The fourth-order valence-electron chi connectivity index (χ4n) is 3.19. The standard InChI is InChI=1S/C12H25N3S/c1-11-8-14(2)5-6-15(11)12(9-13)4-3-7-16-10-12/h11H,3-10,13H2,1-2H3. The lowest BCUT2D eigenvalue weighted by Gasteiger charge is -2.52. The third kappa shape index (κ3) is 2.40. The van der Waals surface area contributed by atoms with Crippen molar-refractivity contribution in [3.05, 3.63) is 0 Å². The number of piperazine rings is 1. The Hall–Kier alpha value is 0.230. The van der Waals surface area contributed by atoms with Gasteiger partial charge in [0.25, 0.3) is 0 Å². The van der Waals surface area contributed by atoms with Crippen LogP contribution in [0.2, 0.25) is 0 Å². The normalized spacial score (nSPS) is 38.8. The van der Waals surface area contributed by atoms with Crippen LogP contribution in [-0.2, 0) is 0 Å². The number of hydrogen-bond donors (Lipinski definition) is 1. The Balaban J connectivity index is 2.07. The largest absolute Gasteiger partial charge is 0.329 e. The van der Waals surface area contributed by atoms with E-state index in [1.165, 1.54) is 44.0 Å². The van der Waals surface area contributed by atoms with Crippen LogP contribution in [0.15, 0.2) is 0 Å². The summed E-state index contributed by atoms with van der Waals surface area (Å²) in [5, 5.41) is 0. The molecule has 0 amide bonds. The molecule has 94 valence electrons. The van der Waals surface area contributed by atoms with Crippen molar-refractivity contribution in [1.29, 1.82) is 0 Å². The Morgan fingerprint density at radius 2 is 2.25 bits per heavy atom. The van der Waals surface area contributed by atoms with Crippen LogP contribution in [0.4, 0.5) is 0 Å². The van der Waals surface area contributed by atoms with E-state index in [1.54, 1.807) is 0 Å². The van der Waals surface area contributed by atoms with Gasteiger partial charge in [0, 0.05) is 43.5 Å². The van der Waals surface area contributed by atoms with Crippen LogP contribution in [0.5, 0.6) is 0 Å². The predicted molar refractivity (Wildman–Crippen MR) is 72.0 cm³/mol. The third-order valence-corrected chi connectivity index (χ3v) is 5.44. The summed E-state index contributed by atoms with van der Waals surface area (Å²) in [6.45, 7) is 6.75. The first kappa shape index (κ1) is 12.7. The van der Waals surface area contributed by atoms with Gasteiger partial charge in [0.2, 0.25) is 0 Å². The SMILES string of the molecule is CC1CN(C)CCN1C1(CN)CCCSC1. The van der Waals surface area contributed by atoms with Gasteiger partial charge in [-0.15, -0.1) is 0 Å². The molecule has 0 bridgehead atoms. The number of nitrogens with two attached hydrogens (primary N) is 1. The van der Waals surface area contributed by atoms with Gasteiger partial charge in [-0.2, -0.15) is 11.8 Å². The first-order valence-corrected chi connectivity index (χ1v) is 7.56. The van der Waals surface area contributed by atoms with Gasteiger partial charge in [-0.25, -0.2) is 0 Å². The van der Waals surface area contributed by atoms with Gasteiger partial charge < -0.3 is 10.6 Å². The van der Waals surface area contributed by atoms with E-state index in [9.17, 15) is 0 Å². The summed E-state index contributed by atoms with van der Waals surface area (Å²) in [6, 6.07) is 0.654. The van der Waals surface area contributed by atoms with Gasteiger partial charge in [0.05, 0.1) is 0 Å². The van der Waals surface area contributed by atoms with Crippen molar-refractivity contribution in [1.82, 2.24) is 9.80 Å². The van der Waals surface area contributed by atoms with Gasteiger partial charge in [0.15, 0.2) is 0 Å². The van der Waals surface area contributed by atoms with Gasteiger partial charge in [0.1, 0.15) is 0 Å². The summed E-state index contributed by atoms with van der Waals surface area (Å²) in [7, 11) is 2.22. The zero-order chi connectivity index (χ0) is 11.6. The number of hydrogen-bond acceptors (Lipinski definition) is 4. The highest BCUT2D eigenvalue weighted by molar-refractivity contribution is 7.99. The van der Waals surface area contributed by atoms with Gasteiger partial charge >= 0.3 is 0 Å². The molecule has 0 saturated carbocycles. The maximum Gasteiger partial charge on any atom is 0.0426 e. The van der Waals surface area contributed by atoms with Crippen molar-refractivity contribution < 1.29 is 0 Å². The van der Waals surface area contributed by atoms with Crippen LogP contribution in [0, 0.1) is 0 Å². The molecule has 2 saturated heterocycles. The van der Waals surface area contributed by atoms with Crippen LogP contribution >= 0.6 is 11.8 Å². The second-order valence-corrected chi connectivity index (χ2v) is 6.49. The van der Waals surface area contributed by atoms with Crippen molar-refractivity contribution in [3.8, 4) is 0 Å². The Morgan fingerprint density at radius 3 is 2.81 bits per heavy atom. The smallest absolute Gasteiger partial charge is 0.0426 e. The highest BCUT2D eigenvalue weighted by Gasteiger charge is 2.40. The van der Waals surface area contributed by atoms with E-state index >= 15 is 0 Å². The summed E-state index contributed by atoms with van der Waals surface area (Å²) in [5.74, 6) is 2.56. The average molecular weight is 243 g/mol. The van der Waals surface area contributed by atoms with Crippen molar-refractivity contribution in [2.45, 2.75) is 31.3 Å². The molecule has 0 aliphatic carbocycles. The minimum Gasteiger partial charge on any atom is -0.329 e. The molecule has 2 rings (SSSR count). The lowest BCUT2D eigenvalue weighted by molar-refractivity contribution is 0.00921. The summed E-state index contributed by atoms with van der Waals surface area (Å²) in [6.07, 6.45) is 2.63. The molecule has 4 heteroatoms. The molecular formula is C12H25N3S. The van der Waals surface area contributed by atoms with Crippen LogP contribution in [0.3, 0.4) is 0 Å². The van der Waals surface area contributed by atoms with Gasteiger partial charge in [-0.3, -0.25) is 4.90 Å². The molecule has 0 aromatic heterocycles. The first-order valence-electron chi connectivity index (χ1n) is 6.41. The molecule has 2 unspecified atom stereocenters. The molecule has 16 heavy (non-hydrogen) atoms. The van der Waals surface area contributed by atoms with Gasteiger partial charge in [-0.05, 0) is 32.6 Å². The van der Waals surface area contributed by atoms with E-state index < -0.39 is 0 Å². The molecule has 0 aromatic carbocycles. The summed E-state index contributed by atoms with van der Waals surface area (Å²) < 4.78 is 0. The van der Waals surface area contributed by atoms with Crippen LogP contribution < -0.4 is 5.73 Å². The maximum absolute atomic E-state index is 6.10. The lowest BCUT2D eigenvalue weighted by Crippen LogP contribution is -2.65. The van der Waals surface area contributed by atoms with Crippen molar-refractivity contribution in [2.75, 3.05) is 44.7 Å². The summed E-state index contributed by atoms with van der Waals surface area (Å²) in [5.41, 5.74) is 6.39. The highest BCUT2D eigenvalue weighted by atomic mass is 32.2. The van der Waals surface area contributed by atoms with E-state index in [0.717, 1.165) is 6.54 Å². The first-order chi connectivity index (χ1) is 7.68. The molecule has 0 spiro atoms. The highest BCUT2D eigenvalue weighted by Crippen LogP contribution is 2.33. The molecule has 0 radical (unpaired) electrons. The molecule has 2 atom stereocenters. The number of likely N-dealkylation sites (N-methyl/N-ethyl adjacent to an activating group) is 1. The average Bonchev–Trinajstić information content (AvgIpc) is 2.30. The molecule has 2 N–H and O–H groups in total. The monoisotopic (exact) mass is 243 g/mol. The fraction of sp³-hybridized carbons (Fsp3) is 1.00. The topological polar surface area (TPSA) is 32.5 Å². The van der Waals surface area contributed by atoms with Crippen molar-refractivity contribution in [2.24, 2.45) is 5.73 Å². The van der Waals surface area contributed by atoms with E-state index in [2.05, 4.69) is 35.5 Å². The molecule has 2 heterocycles. The molecular weight excluding hydrogens is 218 g/mol. The molecule has 3 nitrogen and oxygen atoms in total. The lowest BCUT2D eigenvalue weighted by atomic mass is 9.90. The van der Waals surface area contributed by atoms with Crippen LogP contribution in [0.25, 0.3) is 0 Å². The minimum atomic E-state index is 0.295. The van der Waals surface area contributed by atoms with E-state index in [1.807, 2.05) is 0 Å². The second kappa shape index (κ2) is 5.25. The number of thioether (sulfide) groups is 1. The van der Waals surface area contributed by atoms with Crippen molar-refractivity contribution >= 4 is 11.8 Å².